The highest BCUT2D eigenvalue weighted by atomic mass is 32.5. The molecule has 0 atom stereocenters. The third-order valence-electron chi connectivity index (χ3n) is 2.01. The number of morpholine rings is 1. The normalized spacial score (nSPS) is 17.6. The van der Waals surface area contributed by atoms with Gasteiger partial charge in [-0.1, -0.05) is 0 Å². The molecule has 0 spiro atoms. The summed E-state index contributed by atoms with van der Waals surface area (Å²) in [4.78, 5) is 2.00. The summed E-state index contributed by atoms with van der Waals surface area (Å²) in [5.41, 5.74) is 0. The number of nitrogens with one attached hydrogen (secondary N) is 1. The maximum Gasteiger partial charge on any atom is 0.288 e. The molecule has 0 amide bonds. The average molecular weight is 270 g/mol. The fourth-order valence-electron chi connectivity index (χ4n) is 1.12. The van der Waals surface area contributed by atoms with Crippen LogP contribution in [0.2, 0.25) is 0 Å². The lowest BCUT2D eigenvalue weighted by Crippen LogP contribution is -2.45. The first-order chi connectivity index (χ1) is 7.11. The molecule has 1 rings (SSSR count). The molecule has 1 fully saturated rings. The van der Waals surface area contributed by atoms with Gasteiger partial charge in [0.2, 0.25) is 0 Å². The van der Waals surface area contributed by atoms with Crippen LogP contribution in [0.5, 0.6) is 0 Å². The second-order valence-corrected chi connectivity index (χ2v) is 6.66. The molecule has 15 heavy (non-hydrogen) atoms. The molecule has 1 heterocycles. The first-order valence-corrected chi connectivity index (χ1v) is 7.52. The van der Waals surface area contributed by atoms with Crippen LogP contribution in [-0.4, -0.2) is 50.5 Å². The van der Waals surface area contributed by atoms with E-state index in [1.165, 1.54) is 14.2 Å². The summed E-state index contributed by atoms with van der Waals surface area (Å²) in [7, 11) is 3.03. The zero-order valence-corrected chi connectivity index (χ0v) is 11.3. The number of thiocarbonyl (C=S) groups is 1. The fourth-order valence-corrected chi connectivity index (χ4v) is 2.80. The summed E-state index contributed by atoms with van der Waals surface area (Å²) in [6, 6.07) is 0. The van der Waals surface area contributed by atoms with Crippen LogP contribution < -0.4 is 5.09 Å². The molecule has 0 aromatic heterocycles. The lowest BCUT2D eigenvalue weighted by Gasteiger charge is -2.31. The van der Waals surface area contributed by atoms with E-state index >= 15 is 0 Å². The van der Waals surface area contributed by atoms with Gasteiger partial charge in [-0.25, -0.2) is 0 Å². The number of hydrogen-bond donors (Lipinski definition) is 1. The predicted octanol–water partition coefficient (Wildman–Crippen LogP) is 0.710. The van der Waals surface area contributed by atoms with Gasteiger partial charge >= 0.3 is 0 Å². The molecule has 5 nitrogen and oxygen atoms in total. The van der Waals surface area contributed by atoms with E-state index in [1.807, 2.05) is 4.90 Å². The Balaban J connectivity index is 2.49. The quantitative estimate of drug-likeness (QED) is 0.598. The van der Waals surface area contributed by atoms with Gasteiger partial charge < -0.3 is 18.7 Å². The standard InChI is InChI=1S/C7H15N2O3PS2/c1-10-13(15,11-2)8-7(14)9-3-5-12-6-4-9/h3-6H2,1-2H3,(H,8,14,15). The van der Waals surface area contributed by atoms with Gasteiger partial charge in [0.25, 0.3) is 6.64 Å². The van der Waals surface area contributed by atoms with Crippen molar-refractivity contribution in [3.63, 3.8) is 0 Å². The number of hydrogen-bond acceptors (Lipinski definition) is 5. The van der Waals surface area contributed by atoms with E-state index in [0.717, 1.165) is 13.1 Å². The second kappa shape index (κ2) is 6.08. The minimum atomic E-state index is -2.44. The van der Waals surface area contributed by atoms with Crippen molar-refractivity contribution in [2.24, 2.45) is 0 Å². The summed E-state index contributed by atoms with van der Waals surface area (Å²) in [5.74, 6) is 0. The largest absolute Gasteiger partial charge is 0.378 e. The maximum atomic E-state index is 5.22. The van der Waals surface area contributed by atoms with Crippen molar-refractivity contribution in [2.45, 2.75) is 0 Å². The van der Waals surface area contributed by atoms with Crippen LogP contribution in [0.1, 0.15) is 0 Å². The Hall–Kier alpha value is 0.220. The minimum absolute atomic E-state index is 0.574. The minimum Gasteiger partial charge on any atom is -0.378 e. The van der Waals surface area contributed by atoms with E-state index in [-0.39, 0.29) is 0 Å². The van der Waals surface area contributed by atoms with Crippen molar-refractivity contribution in [3.05, 3.63) is 0 Å². The van der Waals surface area contributed by atoms with Gasteiger partial charge in [0, 0.05) is 27.3 Å². The van der Waals surface area contributed by atoms with Crippen LogP contribution >= 0.6 is 18.9 Å². The van der Waals surface area contributed by atoms with Gasteiger partial charge in [-0.2, -0.15) is 0 Å². The first kappa shape index (κ1) is 13.3. The average Bonchev–Trinajstić information content (AvgIpc) is 2.30. The lowest BCUT2D eigenvalue weighted by molar-refractivity contribution is 0.0681. The summed E-state index contributed by atoms with van der Waals surface area (Å²) >= 11 is 10.4. The maximum absolute atomic E-state index is 5.22. The van der Waals surface area contributed by atoms with Crippen molar-refractivity contribution in [3.8, 4) is 0 Å². The summed E-state index contributed by atoms with van der Waals surface area (Å²) in [6.07, 6.45) is 0. The van der Waals surface area contributed by atoms with Crippen molar-refractivity contribution in [1.82, 2.24) is 9.99 Å². The Kier molecular flexibility index (Phi) is 5.38. The van der Waals surface area contributed by atoms with E-state index in [0.29, 0.717) is 18.3 Å². The highest BCUT2D eigenvalue weighted by Gasteiger charge is 2.21. The third-order valence-corrected chi connectivity index (χ3v) is 5.14. The van der Waals surface area contributed by atoms with Crippen molar-refractivity contribution in [2.75, 3.05) is 40.5 Å². The highest BCUT2D eigenvalue weighted by molar-refractivity contribution is 8.09. The highest BCUT2D eigenvalue weighted by Crippen LogP contribution is 2.41. The van der Waals surface area contributed by atoms with Gasteiger partial charge in [-0.3, -0.25) is 5.09 Å². The summed E-state index contributed by atoms with van der Waals surface area (Å²) < 4.78 is 15.4. The molecule has 1 aliphatic heterocycles. The van der Waals surface area contributed by atoms with E-state index in [1.54, 1.807) is 0 Å². The molecule has 0 aromatic rings. The van der Waals surface area contributed by atoms with Crippen molar-refractivity contribution >= 4 is 35.8 Å². The molecule has 0 bridgehead atoms. The molecule has 0 saturated carbocycles. The Labute approximate surface area is 100 Å². The number of nitrogens with zero attached hydrogens (tertiary/aromatic N) is 1. The smallest absolute Gasteiger partial charge is 0.288 e. The monoisotopic (exact) mass is 270 g/mol. The zero-order chi connectivity index (χ0) is 11.3. The first-order valence-electron chi connectivity index (χ1n) is 4.48. The van der Waals surface area contributed by atoms with E-state index in [2.05, 4.69) is 5.09 Å². The SMILES string of the molecule is COP(=S)(NC(=S)N1CCOCC1)OC. The topological polar surface area (TPSA) is 43.0 Å². The summed E-state index contributed by atoms with van der Waals surface area (Å²) in [6.45, 7) is 0.471. The molecule has 88 valence electrons. The van der Waals surface area contributed by atoms with Crippen molar-refractivity contribution < 1.29 is 13.8 Å². The zero-order valence-electron chi connectivity index (χ0n) is 8.76. The molecule has 0 aliphatic carbocycles. The van der Waals surface area contributed by atoms with Gasteiger partial charge in [0.05, 0.1) is 13.2 Å². The van der Waals surface area contributed by atoms with Crippen LogP contribution in [0.15, 0.2) is 0 Å². The van der Waals surface area contributed by atoms with Gasteiger partial charge in [0.1, 0.15) is 0 Å². The third kappa shape index (κ3) is 3.94. The molecule has 0 unspecified atom stereocenters. The molecule has 1 saturated heterocycles. The van der Waals surface area contributed by atoms with Crippen LogP contribution in [0, 0.1) is 0 Å². The van der Waals surface area contributed by atoms with E-state index < -0.39 is 6.64 Å². The Bertz CT molecular complexity index is 263. The van der Waals surface area contributed by atoms with Gasteiger partial charge in [-0.15, -0.1) is 0 Å². The molecular weight excluding hydrogens is 255 g/mol. The van der Waals surface area contributed by atoms with Crippen LogP contribution in [-0.2, 0) is 25.6 Å². The van der Waals surface area contributed by atoms with Crippen LogP contribution in [0.25, 0.3) is 0 Å². The van der Waals surface area contributed by atoms with Gasteiger partial charge in [0.15, 0.2) is 5.11 Å². The molecular formula is C7H15N2O3PS2. The second-order valence-electron chi connectivity index (χ2n) is 2.88. The Morgan fingerprint density at radius 2 is 1.87 bits per heavy atom. The predicted molar refractivity (Wildman–Crippen MR) is 66.4 cm³/mol. The molecule has 8 heteroatoms. The molecule has 0 aromatic carbocycles. The number of ether oxygens (including phenoxy) is 1. The lowest BCUT2D eigenvalue weighted by atomic mass is 10.5. The number of rotatable bonds is 3. The summed E-state index contributed by atoms with van der Waals surface area (Å²) in [5, 5.41) is 3.52. The molecule has 0 radical (unpaired) electrons. The molecule has 1 aliphatic rings. The Morgan fingerprint density at radius 3 is 2.33 bits per heavy atom. The Morgan fingerprint density at radius 1 is 1.33 bits per heavy atom. The van der Waals surface area contributed by atoms with Crippen LogP contribution in [0.4, 0.5) is 0 Å². The molecule has 1 N–H and O–H groups in total. The van der Waals surface area contributed by atoms with Crippen LogP contribution in [0.3, 0.4) is 0 Å². The van der Waals surface area contributed by atoms with E-state index in [9.17, 15) is 0 Å². The fraction of sp³-hybridized carbons (Fsp3) is 0.857. The van der Waals surface area contributed by atoms with Crippen molar-refractivity contribution in [1.29, 1.82) is 0 Å². The van der Waals surface area contributed by atoms with Gasteiger partial charge in [-0.05, 0) is 24.0 Å². The van der Waals surface area contributed by atoms with E-state index in [4.69, 9.17) is 37.8 Å².